The van der Waals surface area contributed by atoms with Crippen LogP contribution in [0.1, 0.15) is 17.3 Å². The Hall–Kier alpha value is -1.71. The Morgan fingerprint density at radius 1 is 1.67 bits per heavy atom. The van der Waals surface area contributed by atoms with Gasteiger partial charge in [0.15, 0.2) is 6.29 Å². The topological polar surface area (TPSA) is 56.3 Å². The molecule has 0 aliphatic heterocycles. The molecule has 0 N–H and O–H groups in total. The number of hydrogen-bond acceptors (Lipinski definition) is 4. The van der Waals surface area contributed by atoms with Gasteiger partial charge in [-0.3, -0.25) is 9.59 Å². The lowest BCUT2D eigenvalue weighted by molar-refractivity contribution is -0.132. The number of aromatic nitrogens is 1. The maximum absolute atomic E-state index is 10.5. The van der Waals surface area contributed by atoms with Gasteiger partial charge in [0, 0.05) is 13.1 Å². The largest absolute Gasteiger partial charge is 0.407 e. The molecule has 0 spiro atoms. The number of hydrogen-bond donors (Lipinski definition) is 0. The van der Waals surface area contributed by atoms with Gasteiger partial charge < -0.3 is 4.74 Å². The van der Waals surface area contributed by atoms with Crippen LogP contribution in [0, 0.1) is 0 Å². The number of pyridine rings is 1. The van der Waals surface area contributed by atoms with E-state index in [9.17, 15) is 9.59 Å². The Labute approximate surface area is 69.2 Å². The van der Waals surface area contributed by atoms with Crippen LogP contribution in [0.3, 0.4) is 0 Å². The zero-order valence-corrected chi connectivity index (χ0v) is 6.48. The number of esters is 1. The van der Waals surface area contributed by atoms with Crippen molar-refractivity contribution in [1.29, 1.82) is 0 Å². The minimum Gasteiger partial charge on any atom is -0.407 e. The highest BCUT2D eigenvalue weighted by Gasteiger charge is 2.04. The molecule has 4 nitrogen and oxygen atoms in total. The first kappa shape index (κ1) is 8.39. The number of rotatable bonds is 2. The van der Waals surface area contributed by atoms with E-state index in [1.807, 2.05) is 0 Å². The van der Waals surface area contributed by atoms with E-state index < -0.39 is 5.97 Å². The molecule has 12 heavy (non-hydrogen) atoms. The van der Waals surface area contributed by atoms with Gasteiger partial charge in [0.1, 0.15) is 0 Å². The second-order valence-corrected chi connectivity index (χ2v) is 2.11. The van der Waals surface area contributed by atoms with E-state index in [0.717, 1.165) is 0 Å². The van der Waals surface area contributed by atoms with E-state index >= 15 is 0 Å². The summed E-state index contributed by atoms with van der Waals surface area (Å²) in [5, 5.41) is 0. The van der Waals surface area contributed by atoms with Crippen molar-refractivity contribution in [3.8, 4) is 5.88 Å². The third-order valence-electron chi connectivity index (χ3n) is 1.17. The van der Waals surface area contributed by atoms with Crippen LogP contribution < -0.4 is 4.74 Å². The molecular formula is C8H7NO3. The zero-order valence-electron chi connectivity index (χ0n) is 6.48. The van der Waals surface area contributed by atoms with Crippen LogP contribution in [0.4, 0.5) is 0 Å². The van der Waals surface area contributed by atoms with Gasteiger partial charge in [-0.25, -0.2) is 4.98 Å². The molecule has 0 unspecified atom stereocenters. The summed E-state index contributed by atoms with van der Waals surface area (Å²) in [6.45, 7) is 1.25. The highest BCUT2D eigenvalue weighted by Crippen LogP contribution is 2.10. The standard InChI is InChI=1S/C8H7NO3/c1-6(11)12-8-7(5-10)3-2-4-9-8/h2-5H,1H3. The quantitative estimate of drug-likeness (QED) is 0.481. The van der Waals surface area contributed by atoms with E-state index in [1.165, 1.54) is 19.2 Å². The van der Waals surface area contributed by atoms with Crippen LogP contribution in [0.5, 0.6) is 5.88 Å². The Morgan fingerprint density at radius 2 is 2.42 bits per heavy atom. The number of ether oxygens (including phenoxy) is 1. The molecule has 1 heterocycles. The minimum atomic E-state index is -0.489. The predicted octanol–water partition coefficient (Wildman–Crippen LogP) is 0.819. The summed E-state index contributed by atoms with van der Waals surface area (Å²) < 4.78 is 4.65. The molecule has 0 aliphatic carbocycles. The molecule has 1 aromatic rings. The van der Waals surface area contributed by atoms with Crippen molar-refractivity contribution in [2.45, 2.75) is 6.92 Å². The molecule has 4 heteroatoms. The first-order valence-corrected chi connectivity index (χ1v) is 3.32. The monoisotopic (exact) mass is 165 g/mol. The van der Waals surface area contributed by atoms with Gasteiger partial charge in [0.25, 0.3) is 0 Å². The summed E-state index contributed by atoms with van der Waals surface area (Å²) in [7, 11) is 0. The molecular weight excluding hydrogens is 158 g/mol. The maximum atomic E-state index is 10.5. The van der Waals surface area contributed by atoms with Crippen molar-refractivity contribution in [1.82, 2.24) is 4.98 Å². The lowest BCUT2D eigenvalue weighted by atomic mass is 10.3. The second-order valence-electron chi connectivity index (χ2n) is 2.11. The molecule has 0 amide bonds. The van der Waals surface area contributed by atoms with Gasteiger partial charge in [-0.2, -0.15) is 0 Å². The van der Waals surface area contributed by atoms with Crippen molar-refractivity contribution >= 4 is 12.3 Å². The normalized spacial score (nSPS) is 9.08. The maximum Gasteiger partial charge on any atom is 0.309 e. The van der Waals surface area contributed by atoms with Crippen LogP contribution in [0.25, 0.3) is 0 Å². The third kappa shape index (κ3) is 1.88. The molecule has 0 bridgehead atoms. The SMILES string of the molecule is CC(=O)Oc1ncccc1C=O. The fourth-order valence-corrected chi connectivity index (χ4v) is 0.714. The predicted molar refractivity (Wildman–Crippen MR) is 40.9 cm³/mol. The fraction of sp³-hybridized carbons (Fsp3) is 0.125. The van der Waals surface area contributed by atoms with E-state index in [2.05, 4.69) is 9.72 Å². The second kappa shape index (κ2) is 3.61. The van der Waals surface area contributed by atoms with Gasteiger partial charge >= 0.3 is 5.97 Å². The van der Waals surface area contributed by atoms with Crippen LogP contribution in [0.2, 0.25) is 0 Å². The van der Waals surface area contributed by atoms with Gasteiger partial charge in [0.05, 0.1) is 5.56 Å². The average Bonchev–Trinajstić information content (AvgIpc) is 2.04. The summed E-state index contributed by atoms with van der Waals surface area (Å²) in [4.78, 5) is 24.6. The molecule has 0 aromatic carbocycles. The fourth-order valence-electron chi connectivity index (χ4n) is 0.714. The third-order valence-corrected chi connectivity index (χ3v) is 1.17. The van der Waals surface area contributed by atoms with Gasteiger partial charge in [-0.1, -0.05) is 0 Å². The van der Waals surface area contributed by atoms with Gasteiger partial charge in [-0.05, 0) is 12.1 Å². The van der Waals surface area contributed by atoms with Gasteiger partial charge in [0.2, 0.25) is 5.88 Å². The highest BCUT2D eigenvalue weighted by molar-refractivity contribution is 5.80. The molecule has 0 fully saturated rings. The molecule has 0 saturated heterocycles. The summed E-state index contributed by atoms with van der Waals surface area (Å²) in [6, 6.07) is 3.12. The number of carbonyl (C=O) groups is 2. The lowest BCUT2D eigenvalue weighted by Crippen LogP contribution is -2.05. The van der Waals surface area contributed by atoms with E-state index in [0.29, 0.717) is 6.29 Å². The first-order chi connectivity index (χ1) is 5.74. The van der Waals surface area contributed by atoms with Crippen molar-refractivity contribution < 1.29 is 14.3 Å². The van der Waals surface area contributed by atoms with Crippen LogP contribution in [-0.4, -0.2) is 17.2 Å². The van der Waals surface area contributed by atoms with Crippen molar-refractivity contribution in [3.05, 3.63) is 23.9 Å². The molecule has 0 aliphatic rings. The van der Waals surface area contributed by atoms with Gasteiger partial charge in [-0.15, -0.1) is 0 Å². The zero-order chi connectivity index (χ0) is 8.97. The molecule has 1 rings (SSSR count). The summed E-state index contributed by atoms with van der Waals surface area (Å²) in [5.74, 6) is -0.434. The van der Waals surface area contributed by atoms with E-state index in [1.54, 1.807) is 6.07 Å². The van der Waals surface area contributed by atoms with E-state index in [4.69, 9.17) is 0 Å². The number of carbonyl (C=O) groups excluding carboxylic acids is 2. The first-order valence-electron chi connectivity index (χ1n) is 3.32. The summed E-state index contributed by atoms with van der Waals surface area (Å²) in [5.41, 5.74) is 0.271. The highest BCUT2D eigenvalue weighted by atomic mass is 16.5. The summed E-state index contributed by atoms with van der Waals surface area (Å²) in [6.07, 6.45) is 2.04. The molecule has 0 saturated carbocycles. The Kier molecular flexibility index (Phi) is 2.53. The Bertz CT molecular complexity index is 309. The lowest BCUT2D eigenvalue weighted by Gasteiger charge is -2.00. The molecule has 0 radical (unpaired) electrons. The van der Waals surface area contributed by atoms with Crippen LogP contribution in [-0.2, 0) is 4.79 Å². The molecule has 1 aromatic heterocycles. The Balaban J connectivity index is 2.96. The van der Waals surface area contributed by atoms with Crippen LogP contribution in [0.15, 0.2) is 18.3 Å². The molecule has 62 valence electrons. The number of nitrogens with zero attached hydrogens (tertiary/aromatic N) is 1. The number of aldehydes is 1. The van der Waals surface area contributed by atoms with Crippen molar-refractivity contribution in [3.63, 3.8) is 0 Å². The van der Waals surface area contributed by atoms with Crippen molar-refractivity contribution in [2.75, 3.05) is 0 Å². The van der Waals surface area contributed by atoms with Crippen molar-refractivity contribution in [2.24, 2.45) is 0 Å². The minimum absolute atomic E-state index is 0.0556. The van der Waals surface area contributed by atoms with Crippen LogP contribution >= 0.6 is 0 Å². The average molecular weight is 165 g/mol. The Morgan fingerprint density at radius 3 is 3.00 bits per heavy atom. The van der Waals surface area contributed by atoms with E-state index in [-0.39, 0.29) is 11.4 Å². The molecule has 0 atom stereocenters. The smallest absolute Gasteiger partial charge is 0.309 e. The summed E-state index contributed by atoms with van der Waals surface area (Å²) >= 11 is 0.